The molecule has 0 saturated carbocycles. The molecule has 1 aliphatic carbocycles. The van der Waals surface area contributed by atoms with Crippen LogP contribution in [0.1, 0.15) is 40.5 Å². The molecule has 132 valence electrons. The van der Waals surface area contributed by atoms with Gasteiger partial charge in [-0.1, -0.05) is 62.8 Å². The van der Waals surface area contributed by atoms with Crippen molar-refractivity contribution in [2.75, 3.05) is 13.1 Å². The van der Waals surface area contributed by atoms with Crippen LogP contribution in [0, 0.1) is 11.8 Å². The van der Waals surface area contributed by atoms with Crippen LogP contribution in [0.15, 0.2) is 47.6 Å². The maximum Gasteiger partial charge on any atom is 0.223 e. The van der Waals surface area contributed by atoms with E-state index in [1.54, 1.807) is 0 Å². The highest BCUT2D eigenvalue weighted by Gasteiger charge is 2.15. The third kappa shape index (κ3) is 7.95. The largest absolute Gasteiger partial charge is 0.354 e. The average molecular weight is 330 g/mol. The van der Waals surface area contributed by atoms with E-state index in [4.69, 9.17) is 0 Å². The number of hydrogen-bond donors (Lipinski definition) is 2. The quantitative estimate of drug-likeness (QED) is 0.671. The highest BCUT2D eigenvalue weighted by atomic mass is 16.2. The summed E-state index contributed by atoms with van der Waals surface area (Å²) in [5.74, 6) is 0.356. The van der Waals surface area contributed by atoms with Crippen LogP contribution >= 0.6 is 0 Å². The van der Waals surface area contributed by atoms with E-state index in [-0.39, 0.29) is 17.7 Å². The van der Waals surface area contributed by atoms with Crippen LogP contribution < -0.4 is 10.6 Å². The van der Waals surface area contributed by atoms with Gasteiger partial charge in [0, 0.05) is 25.4 Å². The first-order valence-corrected chi connectivity index (χ1v) is 8.66. The molecule has 1 rings (SSSR count). The number of hydrogen-bond acceptors (Lipinski definition) is 2. The van der Waals surface area contributed by atoms with Crippen LogP contribution in [-0.2, 0) is 9.59 Å². The van der Waals surface area contributed by atoms with Gasteiger partial charge >= 0.3 is 0 Å². The Hall–Kier alpha value is -2.10. The normalized spacial score (nSPS) is 18.7. The molecule has 4 heteroatoms. The number of carbonyl (C=O) groups is 2. The van der Waals surface area contributed by atoms with E-state index in [0.29, 0.717) is 31.8 Å². The Morgan fingerprint density at radius 1 is 1.00 bits per heavy atom. The lowest BCUT2D eigenvalue weighted by atomic mass is 9.97. The second-order valence-corrected chi connectivity index (χ2v) is 6.54. The van der Waals surface area contributed by atoms with Crippen LogP contribution in [0.3, 0.4) is 0 Å². The van der Waals surface area contributed by atoms with Crippen molar-refractivity contribution in [3.63, 3.8) is 0 Å². The Bertz CT molecular complexity index is 554. The minimum atomic E-state index is -0.00990. The minimum absolute atomic E-state index is 0.00811. The average Bonchev–Trinajstić information content (AvgIpc) is 2.53. The number of nitrogens with one attached hydrogen (secondary N) is 2. The summed E-state index contributed by atoms with van der Waals surface area (Å²) in [6.45, 7) is 8.95. The van der Waals surface area contributed by atoms with Crippen molar-refractivity contribution >= 4 is 11.8 Å². The van der Waals surface area contributed by atoms with E-state index < -0.39 is 0 Å². The fourth-order valence-corrected chi connectivity index (χ4v) is 2.10. The lowest BCUT2D eigenvalue weighted by Crippen LogP contribution is -2.38. The fourth-order valence-electron chi connectivity index (χ4n) is 2.10. The highest BCUT2D eigenvalue weighted by Crippen LogP contribution is 2.11. The zero-order chi connectivity index (χ0) is 17.9. The lowest BCUT2D eigenvalue weighted by Gasteiger charge is -2.15. The highest BCUT2D eigenvalue weighted by molar-refractivity contribution is 5.79. The van der Waals surface area contributed by atoms with Gasteiger partial charge in [-0.25, -0.2) is 0 Å². The summed E-state index contributed by atoms with van der Waals surface area (Å²) in [7, 11) is 0. The SMILES string of the molecule is CC1=C/C=C(CCC(=O)NCCNC(=O)C(C)C(C)C)\C=C/C=C1. The topological polar surface area (TPSA) is 58.2 Å². The Kier molecular flexibility index (Phi) is 8.84. The minimum Gasteiger partial charge on any atom is -0.354 e. The van der Waals surface area contributed by atoms with Crippen molar-refractivity contribution in [1.82, 2.24) is 10.6 Å². The van der Waals surface area contributed by atoms with E-state index in [2.05, 4.69) is 22.8 Å². The molecule has 24 heavy (non-hydrogen) atoms. The Morgan fingerprint density at radius 2 is 1.67 bits per heavy atom. The maximum absolute atomic E-state index is 11.9. The monoisotopic (exact) mass is 330 g/mol. The summed E-state index contributed by atoms with van der Waals surface area (Å²) in [6.07, 6.45) is 13.3. The molecule has 2 N–H and O–H groups in total. The maximum atomic E-state index is 11.9. The standard InChI is InChI=1S/C20H30N2O2/c1-15(2)17(4)20(24)22-14-13-21-19(23)12-11-18-8-6-5-7-16(3)9-10-18/h5-10,15,17H,11-14H2,1-4H3,(H,21,23)(H,22,24)/b6-5?,7-5?,8-6-,10-9?,16-7?,16-9?,18-8?,18-10+. The third-order valence-electron chi connectivity index (χ3n) is 4.14. The van der Waals surface area contributed by atoms with Crippen molar-refractivity contribution in [2.24, 2.45) is 11.8 Å². The fraction of sp³-hybridized carbons (Fsp3) is 0.500. The second-order valence-electron chi connectivity index (χ2n) is 6.54. The molecule has 1 aliphatic rings. The van der Waals surface area contributed by atoms with Gasteiger partial charge in [-0.05, 0) is 24.8 Å². The molecule has 0 aromatic carbocycles. The van der Waals surface area contributed by atoms with Crippen molar-refractivity contribution in [3.05, 3.63) is 47.6 Å². The Balaban J connectivity index is 2.24. The molecule has 0 aliphatic heterocycles. The van der Waals surface area contributed by atoms with E-state index in [1.165, 1.54) is 5.57 Å². The van der Waals surface area contributed by atoms with E-state index in [1.807, 2.05) is 52.0 Å². The summed E-state index contributed by atoms with van der Waals surface area (Å²) < 4.78 is 0. The summed E-state index contributed by atoms with van der Waals surface area (Å²) in [5, 5.41) is 5.70. The van der Waals surface area contributed by atoms with Gasteiger partial charge in [-0.2, -0.15) is 0 Å². The van der Waals surface area contributed by atoms with Gasteiger partial charge in [0.25, 0.3) is 0 Å². The van der Waals surface area contributed by atoms with Crippen molar-refractivity contribution in [1.29, 1.82) is 0 Å². The molecule has 1 atom stereocenters. The van der Waals surface area contributed by atoms with Crippen LogP contribution in [0.2, 0.25) is 0 Å². The predicted octanol–water partition coefficient (Wildman–Crippen LogP) is 3.29. The molecule has 0 aromatic heterocycles. The first kappa shape index (κ1) is 19.9. The predicted molar refractivity (Wildman–Crippen MR) is 99.4 cm³/mol. The number of allylic oxidation sites excluding steroid dienone is 8. The third-order valence-corrected chi connectivity index (χ3v) is 4.14. The Morgan fingerprint density at radius 3 is 2.38 bits per heavy atom. The van der Waals surface area contributed by atoms with Crippen molar-refractivity contribution in [2.45, 2.75) is 40.5 Å². The molecular formula is C20H30N2O2. The van der Waals surface area contributed by atoms with Crippen molar-refractivity contribution < 1.29 is 9.59 Å². The summed E-state index contributed by atoms with van der Waals surface area (Å²) in [5.41, 5.74) is 2.32. The second kappa shape index (κ2) is 10.6. The van der Waals surface area contributed by atoms with Gasteiger partial charge < -0.3 is 10.6 Å². The zero-order valence-electron chi connectivity index (χ0n) is 15.3. The van der Waals surface area contributed by atoms with Gasteiger partial charge in [0.1, 0.15) is 0 Å². The summed E-state index contributed by atoms with van der Waals surface area (Å²) in [4.78, 5) is 23.7. The number of rotatable bonds is 8. The molecular weight excluding hydrogens is 300 g/mol. The number of amides is 2. The van der Waals surface area contributed by atoms with Gasteiger partial charge in [-0.3, -0.25) is 9.59 Å². The van der Waals surface area contributed by atoms with Gasteiger partial charge in [0.05, 0.1) is 0 Å². The molecule has 0 fully saturated rings. The Labute approximate surface area is 145 Å². The van der Waals surface area contributed by atoms with Crippen LogP contribution in [-0.4, -0.2) is 24.9 Å². The number of carbonyl (C=O) groups excluding carboxylic acids is 2. The molecule has 0 aromatic rings. The molecule has 0 saturated heterocycles. The molecule has 0 heterocycles. The van der Waals surface area contributed by atoms with E-state index in [0.717, 1.165) is 5.57 Å². The molecule has 0 radical (unpaired) electrons. The zero-order valence-corrected chi connectivity index (χ0v) is 15.3. The summed E-state index contributed by atoms with van der Waals surface area (Å²) >= 11 is 0. The molecule has 4 nitrogen and oxygen atoms in total. The smallest absolute Gasteiger partial charge is 0.223 e. The van der Waals surface area contributed by atoms with Crippen molar-refractivity contribution in [3.8, 4) is 0 Å². The van der Waals surface area contributed by atoms with Gasteiger partial charge in [-0.15, -0.1) is 0 Å². The van der Waals surface area contributed by atoms with Gasteiger partial charge in [0.2, 0.25) is 11.8 Å². The van der Waals surface area contributed by atoms with E-state index in [9.17, 15) is 9.59 Å². The first-order valence-electron chi connectivity index (χ1n) is 8.66. The van der Waals surface area contributed by atoms with Crippen LogP contribution in [0.4, 0.5) is 0 Å². The molecule has 0 bridgehead atoms. The molecule has 0 spiro atoms. The lowest BCUT2D eigenvalue weighted by molar-refractivity contribution is -0.126. The van der Waals surface area contributed by atoms with E-state index >= 15 is 0 Å². The molecule has 1 unspecified atom stereocenters. The van der Waals surface area contributed by atoms with Crippen LogP contribution in [0.5, 0.6) is 0 Å². The molecule has 2 amide bonds. The summed E-state index contributed by atoms with van der Waals surface area (Å²) in [6, 6.07) is 0. The van der Waals surface area contributed by atoms with Crippen LogP contribution in [0.25, 0.3) is 0 Å². The first-order chi connectivity index (χ1) is 11.4. The van der Waals surface area contributed by atoms with Gasteiger partial charge in [0.15, 0.2) is 0 Å².